The average Bonchev–Trinajstić information content (AvgIpc) is 2.62. The smallest absolute Gasteiger partial charge is 0.390 e. The fourth-order valence-corrected chi connectivity index (χ4v) is 2.25. The molecule has 9 heteroatoms. The molecule has 0 N–H and O–H groups in total. The van der Waals surface area contributed by atoms with Crippen molar-refractivity contribution in [2.24, 2.45) is 0 Å². The summed E-state index contributed by atoms with van der Waals surface area (Å²) in [5.41, 5.74) is 0.416. The molecular formula is C17H17F3N2O4. The molecule has 0 saturated carbocycles. The molecule has 0 spiro atoms. The maximum absolute atomic E-state index is 12.5. The second kappa shape index (κ2) is 8.03. The highest BCUT2D eigenvalue weighted by Gasteiger charge is 2.30. The summed E-state index contributed by atoms with van der Waals surface area (Å²) in [6.07, 6.45) is -5.69. The average molecular weight is 370 g/mol. The molecule has 0 aliphatic rings. The molecule has 6 nitrogen and oxygen atoms in total. The van der Waals surface area contributed by atoms with Gasteiger partial charge in [-0.2, -0.15) is 13.2 Å². The van der Waals surface area contributed by atoms with Gasteiger partial charge in [-0.05, 0) is 24.3 Å². The first kappa shape index (κ1) is 19.5. The number of aromatic nitrogens is 1. The van der Waals surface area contributed by atoms with E-state index in [9.17, 15) is 22.8 Å². The Kier molecular flexibility index (Phi) is 6.01. The Morgan fingerprint density at radius 3 is 2.50 bits per heavy atom. The topological polar surface area (TPSA) is 68.7 Å². The van der Waals surface area contributed by atoms with E-state index in [1.807, 2.05) is 0 Å². The lowest BCUT2D eigenvalue weighted by Crippen LogP contribution is -2.38. The highest BCUT2D eigenvalue weighted by molar-refractivity contribution is 5.96. The van der Waals surface area contributed by atoms with Crippen molar-refractivity contribution >= 4 is 22.8 Å². The van der Waals surface area contributed by atoms with Crippen molar-refractivity contribution < 1.29 is 32.2 Å². The predicted molar refractivity (Wildman–Crippen MR) is 86.9 cm³/mol. The molecule has 0 aliphatic heterocycles. The fraction of sp³-hybridized carbons (Fsp3) is 0.353. The summed E-state index contributed by atoms with van der Waals surface area (Å²) in [5, 5.41) is 0.704. The summed E-state index contributed by atoms with van der Waals surface area (Å²) < 4.78 is 47.0. The van der Waals surface area contributed by atoms with Gasteiger partial charge in [0.05, 0.1) is 26.2 Å². The van der Waals surface area contributed by atoms with Gasteiger partial charge in [0.15, 0.2) is 0 Å². The van der Waals surface area contributed by atoms with Gasteiger partial charge in [0.2, 0.25) is 0 Å². The molecule has 0 radical (unpaired) electrons. The minimum atomic E-state index is -4.46. The molecule has 2 aromatic rings. The van der Waals surface area contributed by atoms with Crippen molar-refractivity contribution in [3.63, 3.8) is 0 Å². The normalized spacial score (nSPS) is 11.3. The van der Waals surface area contributed by atoms with Crippen molar-refractivity contribution in [2.45, 2.75) is 12.6 Å². The number of fused-ring (bicyclic) bond motifs is 1. The lowest BCUT2D eigenvalue weighted by atomic mass is 10.2. The molecule has 0 aliphatic carbocycles. The van der Waals surface area contributed by atoms with Gasteiger partial charge in [-0.25, -0.2) is 4.98 Å². The third-order valence-electron chi connectivity index (χ3n) is 3.62. The highest BCUT2D eigenvalue weighted by atomic mass is 19.4. The number of hydrogen-bond donors (Lipinski definition) is 0. The van der Waals surface area contributed by atoms with E-state index in [1.54, 1.807) is 24.3 Å². The van der Waals surface area contributed by atoms with Crippen LogP contribution in [-0.2, 0) is 9.53 Å². The number of hydrogen-bond acceptors (Lipinski definition) is 5. The Bertz CT molecular complexity index is 808. The van der Waals surface area contributed by atoms with E-state index in [0.29, 0.717) is 16.7 Å². The highest BCUT2D eigenvalue weighted by Crippen LogP contribution is 2.22. The van der Waals surface area contributed by atoms with Crippen LogP contribution in [0.15, 0.2) is 30.3 Å². The number of carbonyl (C=O) groups excluding carboxylic acids is 2. The van der Waals surface area contributed by atoms with E-state index in [0.717, 1.165) is 12.0 Å². The molecule has 1 amide bonds. The number of carbonyl (C=O) groups is 2. The van der Waals surface area contributed by atoms with Crippen LogP contribution >= 0.6 is 0 Å². The largest absolute Gasteiger partial charge is 0.497 e. The molecule has 26 heavy (non-hydrogen) atoms. The SMILES string of the molecule is COC(=O)CN(CCC(F)(F)F)C(=O)c1ccc2cc(OC)ccc2n1. The van der Waals surface area contributed by atoms with Crippen molar-refractivity contribution in [3.05, 3.63) is 36.0 Å². The molecule has 0 saturated heterocycles. The molecule has 2 rings (SSSR count). The molecule has 0 fully saturated rings. The van der Waals surface area contributed by atoms with Crippen LogP contribution in [0.3, 0.4) is 0 Å². The van der Waals surface area contributed by atoms with Gasteiger partial charge >= 0.3 is 12.1 Å². The van der Waals surface area contributed by atoms with Crippen LogP contribution in [0.4, 0.5) is 13.2 Å². The van der Waals surface area contributed by atoms with Crippen LogP contribution in [-0.4, -0.2) is 55.2 Å². The number of alkyl halides is 3. The Labute approximate surface area is 147 Å². The van der Waals surface area contributed by atoms with E-state index < -0.39 is 37.6 Å². The van der Waals surface area contributed by atoms with Crippen molar-refractivity contribution in [1.29, 1.82) is 0 Å². The zero-order valence-electron chi connectivity index (χ0n) is 14.2. The molecular weight excluding hydrogens is 353 g/mol. The number of ether oxygens (including phenoxy) is 2. The number of benzene rings is 1. The lowest BCUT2D eigenvalue weighted by molar-refractivity contribution is -0.145. The number of amides is 1. The summed E-state index contributed by atoms with van der Waals surface area (Å²) in [7, 11) is 2.61. The first-order valence-corrected chi connectivity index (χ1v) is 7.61. The number of nitrogens with zero attached hydrogens (tertiary/aromatic N) is 2. The molecule has 0 atom stereocenters. The Balaban J connectivity index is 2.27. The van der Waals surface area contributed by atoms with Crippen LogP contribution in [0.1, 0.15) is 16.9 Å². The summed E-state index contributed by atoms with van der Waals surface area (Å²) in [6, 6.07) is 8.00. The van der Waals surface area contributed by atoms with Gasteiger partial charge < -0.3 is 14.4 Å². The van der Waals surface area contributed by atoms with Crippen LogP contribution in [0.25, 0.3) is 10.9 Å². The Morgan fingerprint density at radius 1 is 1.15 bits per heavy atom. The molecule has 140 valence electrons. The van der Waals surface area contributed by atoms with Gasteiger partial charge in [-0.1, -0.05) is 6.07 Å². The predicted octanol–water partition coefficient (Wildman–Crippen LogP) is 2.81. The summed E-state index contributed by atoms with van der Waals surface area (Å²) >= 11 is 0. The summed E-state index contributed by atoms with van der Waals surface area (Å²) in [5.74, 6) is -0.987. The van der Waals surface area contributed by atoms with E-state index >= 15 is 0 Å². The number of esters is 1. The zero-order valence-corrected chi connectivity index (χ0v) is 14.2. The van der Waals surface area contributed by atoms with Crippen LogP contribution in [0.5, 0.6) is 5.75 Å². The molecule has 0 bridgehead atoms. The minimum absolute atomic E-state index is 0.0613. The molecule has 1 heterocycles. The minimum Gasteiger partial charge on any atom is -0.497 e. The van der Waals surface area contributed by atoms with Gasteiger partial charge in [0, 0.05) is 11.9 Å². The summed E-state index contributed by atoms with van der Waals surface area (Å²) in [6.45, 7) is -1.26. The first-order chi connectivity index (χ1) is 12.2. The van der Waals surface area contributed by atoms with Gasteiger partial charge in [-0.15, -0.1) is 0 Å². The molecule has 1 aromatic heterocycles. The van der Waals surface area contributed by atoms with E-state index in [2.05, 4.69) is 9.72 Å². The third kappa shape index (κ3) is 5.08. The zero-order chi connectivity index (χ0) is 19.3. The van der Waals surface area contributed by atoms with Crippen LogP contribution < -0.4 is 4.74 Å². The number of methoxy groups -OCH3 is 2. The Hall–Kier alpha value is -2.84. The molecule has 0 unspecified atom stereocenters. The van der Waals surface area contributed by atoms with E-state index in [-0.39, 0.29) is 5.69 Å². The second-order valence-corrected chi connectivity index (χ2v) is 5.42. The standard InChI is InChI=1S/C17H17F3N2O4/c1-25-12-4-6-13-11(9-12)3-5-14(21-13)16(24)22(10-15(23)26-2)8-7-17(18,19)20/h3-6,9H,7-8,10H2,1-2H3. The van der Waals surface area contributed by atoms with E-state index in [4.69, 9.17) is 4.74 Å². The van der Waals surface area contributed by atoms with Crippen molar-refractivity contribution in [1.82, 2.24) is 9.88 Å². The summed E-state index contributed by atoms with van der Waals surface area (Å²) in [4.78, 5) is 28.9. The maximum Gasteiger partial charge on any atom is 0.390 e. The number of rotatable bonds is 6. The number of halogens is 3. The lowest BCUT2D eigenvalue weighted by Gasteiger charge is -2.22. The maximum atomic E-state index is 12.5. The number of pyridine rings is 1. The van der Waals surface area contributed by atoms with E-state index in [1.165, 1.54) is 13.2 Å². The van der Waals surface area contributed by atoms with Crippen molar-refractivity contribution in [2.75, 3.05) is 27.3 Å². The molecule has 1 aromatic carbocycles. The van der Waals surface area contributed by atoms with Crippen molar-refractivity contribution in [3.8, 4) is 5.75 Å². The monoisotopic (exact) mass is 370 g/mol. The van der Waals surface area contributed by atoms with Gasteiger partial charge in [0.25, 0.3) is 5.91 Å². The van der Waals surface area contributed by atoms with Gasteiger partial charge in [-0.3, -0.25) is 9.59 Å². The third-order valence-corrected chi connectivity index (χ3v) is 3.62. The van der Waals surface area contributed by atoms with Gasteiger partial charge in [0.1, 0.15) is 18.0 Å². The first-order valence-electron chi connectivity index (χ1n) is 7.61. The quantitative estimate of drug-likeness (QED) is 0.732. The Morgan fingerprint density at radius 2 is 1.88 bits per heavy atom. The second-order valence-electron chi connectivity index (χ2n) is 5.42. The fourth-order valence-electron chi connectivity index (χ4n) is 2.25. The van der Waals surface area contributed by atoms with Crippen LogP contribution in [0, 0.1) is 0 Å². The van der Waals surface area contributed by atoms with Crippen LogP contribution in [0.2, 0.25) is 0 Å².